The van der Waals surface area contributed by atoms with Gasteiger partial charge >= 0.3 is 5.69 Å². The number of amides is 2. The van der Waals surface area contributed by atoms with Crippen molar-refractivity contribution in [3.8, 4) is 5.75 Å². The molecule has 3 N–H and O–H groups in total. The maximum absolute atomic E-state index is 12.2. The number of nitrogens with zero attached hydrogens (tertiary/aromatic N) is 4. The van der Waals surface area contributed by atoms with Crippen LogP contribution >= 0.6 is 11.8 Å². The summed E-state index contributed by atoms with van der Waals surface area (Å²) >= 11 is 1.51. The van der Waals surface area contributed by atoms with E-state index in [2.05, 4.69) is 21.0 Å². The van der Waals surface area contributed by atoms with E-state index in [1.807, 2.05) is 7.05 Å². The summed E-state index contributed by atoms with van der Waals surface area (Å²) in [6.07, 6.45) is 1.61. The van der Waals surface area contributed by atoms with E-state index in [9.17, 15) is 24.8 Å². The monoisotopic (exact) mass is 428 g/mol. The molecular formula is C18H16N6O5S. The van der Waals surface area contributed by atoms with Crippen LogP contribution in [0.5, 0.6) is 5.75 Å². The fraction of sp³-hybridized carbons (Fsp3) is 0.111. The minimum atomic E-state index is -0.770. The number of nitro benzene ring substituents is 1. The molecule has 2 aromatic carbocycles. The lowest BCUT2D eigenvalue weighted by Crippen LogP contribution is -2.41. The van der Waals surface area contributed by atoms with E-state index in [0.29, 0.717) is 11.3 Å². The molecule has 3 aromatic rings. The summed E-state index contributed by atoms with van der Waals surface area (Å²) in [6, 6.07) is 9.93. The SMILES string of the molecule is Cn1cnnc1SCc1ccc(C(=O)NNC(=O)c2ccc([N+](=O)[O-])c(O)c2)cc1. The van der Waals surface area contributed by atoms with Gasteiger partial charge in [0.15, 0.2) is 10.9 Å². The second kappa shape index (κ2) is 9.05. The van der Waals surface area contributed by atoms with Crippen molar-refractivity contribution in [2.75, 3.05) is 0 Å². The van der Waals surface area contributed by atoms with Gasteiger partial charge in [0.25, 0.3) is 11.8 Å². The Kier molecular flexibility index (Phi) is 6.27. The van der Waals surface area contributed by atoms with E-state index < -0.39 is 28.2 Å². The first-order valence-corrected chi connectivity index (χ1v) is 9.47. The van der Waals surface area contributed by atoms with E-state index in [-0.39, 0.29) is 5.56 Å². The molecule has 0 aliphatic carbocycles. The number of hydrazine groups is 1. The van der Waals surface area contributed by atoms with Gasteiger partial charge in [0.05, 0.1) is 4.92 Å². The zero-order chi connectivity index (χ0) is 21.7. The summed E-state index contributed by atoms with van der Waals surface area (Å²) in [6.45, 7) is 0. The maximum atomic E-state index is 12.2. The standard InChI is InChI=1S/C18H16N6O5S/c1-23-10-19-22-18(23)30-9-11-2-4-12(5-3-11)16(26)20-21-17(27)13-6-7-14(24(28)29)15(25)8-13/h2-8,10,25H,9H2,1H3,(H,20,26)(H,21,27). The van der Waals surface area contributed by atoms with Crippen LogP contribution in [-0.4, -0.2) is 36.6 Å². The zero-order valence-electron chi connectivity index (χ0n) is 15.6. The van der Waals surface area contributed by atoms with Crippen LogP contribution in [0.1, 0.15) is 26.3 Å². The summed E-state index contributed by atoms with van der Waals surface area (Å²) < 4.78 is 1.81. The molecule has 0 atom stereocenters. The van der Waals surface area contributed by atoms with Gasteiger partial charge in [-0.3, -0.25) is 30.6 Å². The van der Waals surface area contributed by atoms with Gasteiger partial charge in [0.2, 0.25) is 0 Å². The summed E-state index contributed by atoms with van der Waals surface area (Å²) in [5, 5.41) is 28.9. The van der Waals surface area contributed by atoms with Gasteiger partial charge in [-0.05, 0) is 29.8 Å². The Balaban J connectivity index is 1.54. The summed E-state index contributed by atoms with van der Waals surface area (Å²) in [7, 11) is 1.85. The molecule has 0 spiro atoms. The Hall–Kier alpha value is -3.93. The lowest BCUT2D eigenvalue weighted by Gasteiger charge is -2.08. The molecule has 0 aliphatic rings. The molecule has 1 aromatic heterocycles. The average molecular weight is 428 g/mol. The number of nitrogens with one attached hydrogen (secondary N) is 2. The number of carbonyl (C=O) groups excluding carboxylic acids is 2. The highest BCUT2D eigenvalue weighted by molar-refractivity contribution is 7.98. The number of rotatable bonds is 6. The second-order valence-electron chi connectivity index (χ2n) is 6.08. The third-order valence-corrected chi connectivity index (χ3v) is 5.08. The Morgan fingerprint density at radius 3 is 2.33 bits per heavy atom. The number of phenols is 1. The van der Waals surface area contributed by atoms with Crippen LogP contribution in [0.25, 0.3) is 0 Å². The van der Waals surface area contributed by atoms with Crippen molar-refractivity contribution in [2.24, 2.45) is 7.05 Å². The minimum Gasteiger partial charge on any atom is -0.502 e. The van der Waals surface area contributed by atoms with Gasteiger partial charge in [-0.2, -0.15) is 0 Å². The van der Waals surface area contributed by atoms with E-state index in [0.717, 1.165) is 22.9 Å². The molecule has 0 aliphatic heterocycles. The topological polar surface area (TPSA) is 152 Å². The molecule has 154 valence electrons. The lowest BCUT2D eigenvalue weighted by atomic mass is 10.1. The van der Waals surface area contributed by atoms with Gasteiger partial charge < -0.3 is 9.67 Å². The highest BCUT2D eigenvalue weighted by Crippen LogP contribution is 2.26. The number of benzene rings is 2. The number of aryl methyl sites for hydroxylation is 1. The van der Waals surface area contributed by atoms with E-state index in [1.165, 1.54) is 17.8 Å². The Morgan fingerprint density at radius 1 is 1.13 bits per heavy atom. The minimum absolute atomic E-state index is 0.0467. The van der Waals surface area contributed by atoms with Crippen LogP contribution in [-0.2, 0) is 12.8 Å². The van der Waals surface area contributed by atoms with Crippen molar-refractivity contribution in [3.63, 3.8) is 0 Å². The van der Waals surface area contributed by atoms with Crippen molar-refractivity contribution < 1.29 is 19.6 Å². The lowest BCUT2D eigenvalue weighted by molar-refractivity contribution is -0.385. The zero-order valence-corrected chi connectivity index (χ0v) is 16.4. The van der Waals surface area contributed by atoms with Crippen LogP contribution in [0.15, 0.2) is 53.9 Å². The van der Waals surface area contributed by atoms with Gasteiger partial charge in [-0.25, -0.2) is 0 Å². The number of aromatic nitrogens is 3. The largest absolute Gasteiger partial charge is 0.502 e. The van der Waals surface area contributed by atoms with Gasteiger partial charge in [0.1, 0.15) is 6.33 Å². The quantitative estimate of drug-likeness (QED) is 0.305. The summed E-state index contributed by atoms with van der Waals surface area (Å²) in [5.41, 5.74) is 5.19. The molecule has 2 amide bonds. The van der Waals surface area contributed by atoms with Crippen molar-refractivity contribution in [1.29, 1.82) is 0 Å². The highest BCUT2D eigenvalue weighted by atomic mass is 32.2. The van der Waals surface area contributed by atoms with Crippen molar-refractivity contribution in [2.45, 2.75) is 10.9 Å². The molecular weight excluding hydrogens is 412 g/mol. The van der Waals surface area contributed by atoms with Crippen LogP contribution in [0.2, 0.25) is 0 Å². The van der Waals surface area contributed by atoms with Crippen LogP contribution in [0, 0.1) is 10.1 Å². The summed E-state index contributed by atoms with van der Waals surface area (Å²) in [5.74, 6) is -1.27. The fourth-order valence-corrected chi connectivity index (χ4v) is 3.22. The van der Waals surface area contributed by atoms with E-state index >= 15 is 0 Å². The first-order valence-electron chi connectivity index (χ1n) is 8.49. The number of phenolic OH excluding ortho intramolecular Hbond substituents is 1. The molecule has 3 rings (SSSR count). The van der Waals surface area contributed by atoms with Gasteiger partial charge in [0, 0.05) is 30.0 Å². The first-order chi connectivity index (χ1) is 14.3. The Morgan fingerprint density at radius 2 is 1.77 bits per heavy atom. The molecule has 0 fully saturated rings. The molecule has 12 heteroatoms. The highest BCUT2D eigenvalue weighted by Gasteiger charge is 2.16. The molecule has 11 nitrogen and oxygen atoms in total. The van der Waals surface area contributed by atoms with Crippen molar-refractivity contribution >= 4 is 29.3 Å². The maximum Gasteiger partial charge on any atom is 0.310 e. The third-order valence-electron chi connectivity index (χ3n) is 3.98. The van der Waals surface area contributed by atoms with Gasteiger partial charge in [-0.15, -0.1) is 10.2 Å². The number of aromatic hydroxyl groups is 1. The molecule has 0 radical (unpaired) electrons. The van der Waals surface area contributed by atoms with E-state index in [1.54, 1.807) is 35.2 Å². The van der Waals surface area contributed by atoms with Gasteiger partial charge in [-0.1, -0.05) is 23.9 Å². The predicted octanol–water partition coefficient (Wildman–Crippen LogP) is 1.80. The fourth-order valence-electron chi connectivity index (χ4n) is 2.38. The van der Waals surface area contributed by atoms with Crippen molar-refractivity contribution in [1.82, 2.24) is 25.6 Å². The molecule has 30 heavy (non-hydrogen) atoms. The normalized spacial score (nSPS) is 10.4. The van der Waals surface area contributed by atoms with Crippen LogP contribution in [0.4, 0.5) is 5.69 Å². The molecule has 0 unspecified atom stereocenters. The average Bonchev–Trinajstić information content (AvgIpc) is 3.15. The molecule has 1 heterocycles. The Labute approximate surface area is 174 Å². The number of nitro groups is 1. The first kappa shape index (κ1) is 20.8. The van der Waals surface area contributed by atoms with Crippen LogP contribution < -0.4 is 10.9 Å². The smallest absolute Gasteiger partial charge is 0.310 e. The van der Waals surface area contributed by atoms with E-state index in [4.69, 9.17) is 0 Å². The number of thioether (sulfide) groups is 1. The number of carbonyl (C=O) groups is 2. The van der Waals surface area contributed by atoms with Crippen molar-refractivity contribution in [3.05, 3.63) is 75.6 Å². The Bertz CT molecular complexity index is 1100. The predicted molar refractivity (Wildman–Crippen MR) is 107 cm³/mol. The molecule has 0 bridgehead atoms. The number of hydrogen-bond acceptors (Lipinski definition) is 8. The van der Waals surface area contributed by atoms with Crippen LogP contribution in [0.3, 0.4) is 0 Å². The third kappa shape index (κ3) is 4.91. The molecule has 0 saturated carbocycles. The summed E-state index contributed by atoms with van der Waals surface area (Å²) in [4.78, 5) is 34.2. The number of hydrogen-bond donors (Lipinski definition) is 3. The molecule has 0 saturated heterocycles. The second-order valence-corrected chi connectivity index (χ2v) is 7.02.